The first-order valence-corrected chi connectivity index (χ1v) is 8.94. The lowest BCUT2D eigenvalue weighted by Gasteiger charge is -2.27. The normalized spacial score (nSPS) is 14.2. The second-order valence-electron chi connectivity index (χ2n) is 6.18. The number of amides is 1. The van der Waals surface area contributed by atoms with E-state index in [4.69, 9.17) is 11.6 Å². The fraction of sp³-hybridized carbons (Fsp3) is 0.300. The molecule has 2 aromatic carbocycles. The quantitative estimate of drug-likeness (QED) is 0.824. The van der Waals surface area contributed by atoms with E-state index in [9.17, 15) is 9.59 Å². The minimum Gasteiger partial charge on any atom is -0.376 e. The van der Waals surface area contributed by atoms with Gasteiger partial charge in [0.2, 0.25) is 5.91 Å². The number of benzene rings is 2. The van der Waals surface area contributed by atoms with Crippen LogP contribution in [0, 0.1) is 0 Å². The van der Waals surface area contributed by atoms with Crippen LogP contribution in [0.4, 0.5) is 5.69 Å². The number of halogens is 1. The molecule has 0 radical (unpaired) electrons. The van der Waals surface area contributed by atoms with Crippen molar-refractivity contribution < 1.29 is 9.59 Å². The van der Waals surface area contributed by atoms with Crippen molar-refractivity contribution in [2.24, 2.45) is 0 Å². The molecule has 0 aromatic heterocycles. The summed E-state index contributed by atoms with van der Waals surface area (Å²) in [6, 6.07) is 14.2. The van der Waals surface area contributed by atoms with Crippen molar-refractivity contribution in [2.75, 3.05) is 25.0 Å². The second kappa shape index (κ2) is 8.17. The van der Waals surface area contributed by atoms with Crippen molar-refractivity contribution in [3.05, 3.63) is 64.7 Å². The summed E-state index contributed by atoms with van der Waals surface area (Å²) < 4.78 is 0. The van der Waals surface area contributed by atoms with Crippen LogP contribution in [0.25, 0.3) is 0 Å². The highest BCUT2D eigenvalue weighted by molar-refractivity contribution is 6.31. The van der Waals surface area contributed by atoms with Gasteiger partial charge in [0.15, 0.2) is 5.78 Å². The van der Waals surface area contributed by atoms with Crippen molar-refractivity contribution in [1.82, 2.24) is 4.90 Å². The molecule has 0 unspecified atom stereocenters. The number of carbonyl (C=O) groups is 2. The molecular weight excluding hydrogens is 336 g/mol. The summed E-state index contributed by atoms with van der Waals surface area (Å²) in [4.78, 5) is 27.0. The minimum absolute atomic E-state index is 0.0627. The highest BCUT2D eigenvalue weighted by Crippen LogP contribution is 2.23. The maximum atomic E-state index is 12.8. The number of piperidine rings is 1. The van der Waals surface area contributed by atoms with E-state index in [0.717, 1.165) is 25.9 Å². The topological polar surface area (TPSA) is 49.4 Å². The van der Waals surface area contributed by atoms with E-state index in [0.29, 0.717) is 21.8 Å². The molecule has 1 fully saturated rings. The third-order valence-corrected chi connectivity index (χ3v) is 4.64. The maximum absolute atomic E-state index is 12.8. The molecule has 130 valence electrons. The molecule has 5 heteroatoms. The van der Waals surface area contributed by atoms with Crippen LogP contribution in [0.5, 0.6) is 0 Å². The molecule has 0 atom stereocenters. The number of anilines is 1. The van der Waals surface area contributed by atoms with Crippen LogP contribution in [0.1, 0.15) is 35.2 Å². The smallest absolute Gasteiger partial charge is 0.241 e. The van der Waals surface area contributed by atoms with Gasteiger partial charge in [-0.3, -0.25) is 9.59 Å². The third kappa shape index (κ3) is 4.40. The number of nitrogens with zero attached hydrogens (tertiary/aromatic N) is 1. The summed E-state index contributed by atoms with van der Waals surface area (Å²) in [6.07, 6.45) is 3.30. The molecular formula is C20H21ClN2O2. The fourth-order valence-electron chi connectivity index (χ4n) is 3.03. The SMILES string of the molecule is O=C(c1ccccc1)c1cc(Cl)ccc1NCC(=O)N1CCCCC1. The molecule has 1 aliphatic rings. The number of hydrogen-bond donors (Lipinski definition) is 1. The lowest BCUT2D eigenvalue weighted by Crippen LogP contribution is -2.39. The summed E-state index contributed by atoms with van der Waals surface area (Å²) in [5.74, 6) is -0.0521. The van der Waals surface area contributed by atoms with Gasteiger partial charge in [0.1, 0.15) is 0 Å². The molecule has 25 heavy (non-hydrogen) atoms. The van der Waals surface area contributed by atoms with Gasteiger partial charge in [0, 0.05) is 34.9 Å². The first-order chi connectivity index (χ1) is 12.1. The van der Waals surface area contributed by atoms with Crippen molar-refractivity contribution >= 4 is 29.0 Å². The van der Waals surface area contributed by atoms with Gasteiger partial charge in [0.05, 0.1) is 6.54 Å². The van der Waals surface area contributed by atoms with Crippen molar-refractivity contribution in [3.8, 4) is 0 Å². The molecule has 1 aliphatic heterocycles. The van der Waals surface area contributed by atoms with Gasteiger partial charge in [-0.2, -0.15) is 0 Å². The van der Waals surface area contributed by atoms with Gasteiger partial charge >= 0.3 is 0 Å². The Hall–Kier alpha value is -2.33. The molecule has 1 amide bonds. The van der Waals surface area contributed by atoms with Crippen LogP contribution < -0.4 is 5.32 Å². The Bertz CT molecular complexity index is 756. The number of rotatable bonds is 5. The summed E-state index contributed by atoms with van der Waals surface area (Å²) in [6.45, 7) is 1.81. The molecule has 1 saturated heterocycles. The number of ketones is 1. The highest BCUT2D eigenvalue weighted by atomic mass is 35.5. The van der Waals surface area contributed by atoms with E-state index in [1.165, 1.54) is 6.42 Å². The zero-order valence-electron chi connectivity index (χ0n) is 14.0. The number of carbonyl (C=O) groups excluding carboxylic acids is 2. The average molecular weight is 357 g/mol. The Labute approximate surface area is 152 Å². The Morgan fingerprint density at radius 1 is 1.00 bits per heavy atom. The Kier molecular flexibility index (Phi) is 5.71. The highest BCUT2D eigenvalue weighted by Gasteiger charge is 2.18. The van der Waals surface area contributed by atoms with E-state index in [1.807, 2.05) is 23.1 Å². The molecule has 1 heterocycles. The lowest BCUT2D eigenvalue weighted by atomic mass is 10.0. The molecule has 2 aromatic rings. The fourth-order valence-corrected chi connectivity index (χ4v) is 3.20. The third-order valence-electron chi connectivity index (χ3n) is 4.40. The standard InChI is InChI=1S/C20H21ClN2O2/c21-16-9-10-18(22-14-19(24)23-11-5-2-6-12-23)17(13-16)20(25)15-7-3-1-4-8-15/h1,3-4,7-10,13,22H,2,5-6,11-12,14H2. The van der Waals surface area contributed by atoms with Crippen LogP contribution in [0.3, 0.4) is 0 Å². The van der Waals surface area contributed by atoms with E-state index >= 15 is 0 Å². The van der Waals surface area contributed by atoms with Gasteiger partial charge in [0.25, 0.3) is 0 Å². The monoisotopic (exact) mass is 356 g/mol. The zero-order chi connectivity index (χ0) is 17.6. The zero-order valence-corrected chi connectivity index (χ0v) is 14.8. The summed E-state index contributed by atoms with van der Waals surface area (Å²) in [5, 5.41) is 3.61. The van der Waals surface area contributed by atoms with Crippen LogP contribution in [-0.4, -0.2) is 36.2 Å². The molecule has 0 aliphatic carbocycles. The van der Waals surface area contributed by atoms with E-state index in [2.05, 4.69) is 5.32 Å². The summed E-state index contributed by atoms with van der Waals surface area (Å²) in [7, 11) is 0. The molecule has 3 rings (SSSR count). The predicted octanol–water partition coefficient (Wildman–Crippen LogP) is 4.00. The van der Waals surface area contributed by atoms with Gasteiger partial charge in [-0.1, -0.05) is 41.9 Å². The molecule has 4 nitrogen and oxygen atoms in total. The van der Waals surface area contributed by atoms with Gasteiger partial charge in [-0.05, 0) is 37.5 Å². The first-order valence-electron chi connectivity index (χ1n) is 8.56. The van der Waals surface area contributed by atoms with Crippen LogP contribution in [0.15, 0.2) is 48.5 Å². The summed E-state index contributed by atoms with van der Waals surface area (Å²) >= 11 is 6.08. The Balaban J connectivity index is 1.75. The maximum Gasteiger partial charge on any atom is 0.241 e. The minimum atomic E-state index is -0.115. The van der Waals surface area contributed by atoms with Crippen LogP contribution in [0.2, 0.25) is 5.02 Å². The Morgan fingerprint density at radius 3 is 2.44 bits per heavy atom. The van der Waals surface area contributed by atoms with E-state index < -0.39 is 0 Å². The van der Waals surface area contributed by atoms with Gasteiger partial charge in [-0.25, -0.2) is 0 Å². The summed E-state index contributed by atoms with van der Waals surface area (Å²) in [5.41, 5.74) is 1.70. The van der Waals surface area contributed by atoms with Crippen LogP contribution >= 0.6 is 11.6 Å². The van der Waals surface area contributed by atoms with Crippen molar-refractivity contribution in [1.29, 1.82) is 0 Å². The molecule has 0 bridgehead atoms. The molecule has 0 saturated carbocycles. The van der Waals surface area contributed by atoms with E-state index in [1.54, 1.807) is 30.3 Å². The first kappa shape index (κ1) is 17.5. The lowest BCUT2D eigenvalue weighted by molar-refractivity contribution is -0.130. The largest absolute Gasteiger partial charge is 0.376 e. The molecule has 0 spiro atoms. The predicted molar refractivity (Wildman–Crippen MR) is 100 cm³/mol. The van der Waals surface area contributed by atoms with Crippen LogP contribution in [-0.2, 0) is 4.79 Å². The van der Waals surface area contributed by atoms with E-state index in [-0.39, 0.29) is 18.2 Å². The van der Waals surface area contributed by atoms with Crippen molar-refractivity contribution in [2.45, 2.75) is 19.3 Å². The number of nitrogens with one attached hydrogen (secondary N) is 1. The second-order valence-corrected chi connectivity index (χ2v) is 6.62. The molecule has 1 N–H and O–H groups in total. The van der Waals surface area contributed by atoms with Crippen molar-refractivity contribution in [3.63, 3.8) is 0 Å². The number of likely N-dealkylation sites (tertiary alicyclic amines) is 1. The Morgan fingerprint density at radius 2 is 1.72 bits per heavy atom. The number of hydrogen-bond acceptors (Lipinski definition) is 3. The average Bonchev–Trinajstić information content (AvgIpc) is 2.67. The van der Waals surface area contributed by atoms with Gasteiger partial charge in [-0.15, -0.1) is 0 Å². The van der Waals surface area contributed by atoms with Gasteiger partial charge < -0.3 is 10.2 Å².